The van der Waals surface area contributed by atoms with Crippen molar-refractivity contribution >= 4 is 15.6 Å². The predicted molar refractivity (Wildman–Crippen MR) is 83.5 cm³/mol. The lowest BCUT2D eigenvalue weighted by atomic mass is 10.00. The summed E-state index contributed by atoms with van der Waals surface area (Å²) >= 11 is 0. The van der Waals surface area contributed by atoms with Gasteiger partial charge in [0.05, 0.1) is 4.90 Å². The van der Waals surface area contributed by atoms with Gasteiger partial charge in [0, 0.05) is 18.2 Å². The molecule has 0 amide bonds. The Kier molecular flexibility index (Phi) is 4.28. The number of hydrogen-bond acceptors (Lipinski definition) is 3. The van der Waals surface area contributed by atoms with Gasteiger partial charge in [-0.25, -0.2) is 8.42 Å². The monoisotopic (exact) mass is 302 g/mol. The summed E-state index contributed by atoms with van der Waals surface area (Å²) in [6.45, 7) is 4.00. The number of carbonyl (C=O) groups excluding carboxylic acids is 1. The number of Topliss-reactive ketones (excluding diaryl/α,β-unsaturated/α-hetero) is 1. The first-order chi connectivity index (χ1) is 9.75. The third kappa shape index (κ3) is 4.02. The third-order valence-electron chi connectivity index (χ3n) is 3.25. The van der Waals surface area contributed by atoms with Crippen LogP contribution in [0.25, 0.3) is 0 Å². The maximum Gasteiger partial charge on any atom is 0.175 e. The molecule has 0 heterocycles. The van der Waals surface area contributed by atoms with E-state index in [4.69, 9.17) is 0 Å². The first kappa shape index (κ1) is 15.4. The highest BCUT2D eigenvalue weighted by Crippen LogP contribution is 2.14. The molecular weight excluding hydrogens is 284 g/mol. The Morgan fingerprint density at radius 2 is 1.48 bits per heavy atom. The van der Waals surface area contributed by atoms with Crippen LogP contribution in [-0.2, 0) is 16.3 Å². The van der Waals surface area contributed by atoms with Gasteiger partial charge in [0.1, 0.15) is 0 Å². The van der Waals surface area contributed by atoms with E-state index in [0.717, 1.165) is 22.9 Å². The van der Waals surface area contributed by atoms with Crippen LogP contribution in [0.4, 0.5) is 0 Å². The molecule has 0 aromatic heterocycles. The lowest BCUT2D eigenvalue weighted by Crippen LogP contribution is -2.05. The Labute approximate surface area is 125 Å². The third-order valence-corrected chi connectivity index (χ3v) is 4.38. The fourth-order valence-electron chi connectivity index (χ4n) is 2.35. The Morgan fingerprint density at radius 3 is 1.95 bits per heavy atom. The van der Waals surface area contributed by atoms with E-state index >= 15 is 0 Å². The molecule has 0 aliphatic rings. The van der Waals surface area contributed by atoms with Crippen LogP contribution >= 0.6 is 0 Å². The molecule has 0 atom stereocenters. The van der Waals surface area contributed by atoms with E-state index < -0.39 is 9.84 Å². The zero-order valence-corrected chi connectivity index (χ0v) is 13.2. The second-order valence-corrected chi connectivity index (χ2v) is 7.41. The molecule has 0 aliphatic carbocycles. The van der Waals surface area contributed by atoms with E-state index in [2.05, 4.69) is 6.07 Å². The molecule has 3 nitrogen and oxygen atoms in total. The minimum absolute atomic E-state index is 0.0138. The Hall–Kier alpha value is -1.94. The van der Waals surface area contributed by atoms with E-state index in [1.54, 1.807) is 12.1 Å². The molecule has 21 heavy (non-hydrogen) atoms. The molecule has 0 unspecified atom stereocenters. The smallest absolute Gasteiger partial charge is 0.175 e. The van der Waals surface area contributed by atoms with E-state index in [1.165, 1.54) is 12.1 Å². The van der Waals surface area contributed by atoms with Crippen molar-refractivity contribution in [2.24, 2.45) is 0 Å². The van der Waals surface area contributed by atoms with Gasteiger partial charge in [-0.2, -0.15) is 0 Å². The van der Waals surface area contributed by atoms with Crippen molar-refractivity contribution in [3.8, 4) is 0 Å². The van der Waals surface area contributed by atoms with Crippen LogP contribution in [0, 0.1) is 13.8 Å². The average Bonchev–Trinajstić information content (AvgIpc) is 2.36. The van der Waals surface area contributed by atoms with Gasteiger partial charge in [0.25, 0.3) is 0 Å². The summed E-state index contributed by atoms with van der Waals surface area (Å²) in [5, 5.41) is 0. The zero-order valence-electron chi connectivity index (χ0n) is 12.4. The van der Waals surface area contributed by atoms with Gasteiger partial charge in [0.15, 0.2) is 15.6 Å². The van der Waals surface area contributed by atoms with Gasteiger partial charge in [-0.3, -0.25) is 4.79 Å². The molecule has 4 heteroatoms. The number of sulfone groups is 1. The summed E-state index contributed by atoms with van der Waals surface area (Å²) < 4.78 is 22.8. The van der Waals surface area contributed by atoms with Crippen molar-refractivity contribution in [3.63, 3.8) is 0 Å². The fourth-order valence-corrected chi connectivity index (χ4v) is 2.98. The van der Waals surface area contributed by atoms with Crippen molar-refractivity contribution in [1.82, 2.24) is 0 Å². The SMILES string of the molecule is Cc1cc(C)cc(CC(=O)c2ccc(S(C)(=O)=O)cc2)c1. The molecule has 0 N–H and O–H groups in total. The maximum atomic E-state index is 12.2. The number of carbonyl (C=O) groups is 1. The molecule has 0 radical (unpaired) electrons. The standard InChI is InChI=1S/C17H18O3S/c1-12-8-13(2)10-14(9-12)11-17(18)15-4-6-16(7-5-15)21(3,19)20/h4-10H,11H2,1-3H3. The van der Waals surface area contributed by atoms with Crippen LogP contribution in [-0.4, -0.2) is 20.5 Å². The van der Waals surface area contributed by atoms with Gasteiger partial charge < -0.3 is 0 Å². The van der Waals surface area contributed by atoms with E-state index in [0.29, 0.717) is 12.0 Å². The molecule has 2 aromatic rings. The van der Waals surface area contributed by atoms with Crippen molar-refractivity contribution < 1.29 is 13.2 Å². The van der Waals surface area contributed by atoms with Gasteiger partial charge in [0.2, 0.25) is 0 Å². The second kappa shape index (κ2) is 5.82. The molecule has 2 aromatic carbocycles. The number of benzene rings is 2. The molecule has 0 bridgehead atoms. The first-order valence-corrected chi connectivity index (χ1v) is 8.55. The second-order valence-electron chi connectivity index (χ2n) is 5.39. The average molecular weight is 302 g/mol. The molecule has 2 rings (SSSR count). The summed E-state index contributed by atoms with van der Waals surface area (Å²) in [4.78, 5) is 12.5. The van der Waals surface area contributed by atoms with Gasteiger partial charge in [-0.05, 0) is 31.5 Å². The Balaban J connectivity index is 2.20. The van der Waals surface area contributed by atoms with E-state index in [9.17, 15) is 13.2 Å². The molecule has 0 spiro atoms. The summed E-state index contributed by atoms with van der Waals surface area (Å²) in [5.41, 5.74) is 3.77. The molecular formula is C17H18O3S. The number of ketones is 1. The van der Waals surface area contributed by atoms with Crippen LogP contribution in [0.1, 0.15) is 27.0 Å². The van der Waals surface area contributed by atoms with Crippen molar-refractivity contribution in [2.75, 3.05) is 6.26 Å². The van der Waals surface area contributed by atoms with Crippen LogP contribution in [0.15, 0.2) is 47.4 Å². The van der Waals surface area contributed by atoms with Gasteiger partial charge in [-0.1, -0.05) is 41.5 Å². The molecule has 0 aliphatic heterocycles. The lowest BCUT2D eigenvalue weighted by molar-refractivity contribution is 0.0993. The highest BCUT2D eigenvalue weighted by Gasteiger charge is 2.11. The quantitative estimate of drug-likeness (QED) is 0.815. The first-order valence-electron chi connectivity index (χ1n) is 6.66. The van der Waals surface area contributed by atoms with Gasteiger partial charge in [-0.15, -0.1) is 0 Å². The molecule has 0 saturated carbocycles. The van der Waals surface area contributed by atoms with E-state index in [1.807, 2.05) is 26.0 Å². The topological polar surface area (TPSA) is 51.2 Å². The molecule has 0 saturated heterocycles. The van der Waals surface area contributed by atoms with Crippen LogP contribution < -0.4 is 0 Å². The Bertz CT molecular complexity index is 752. The summed E-state index contributed by atoms with van der Waals surface area (Å²) in [7, 11) is -3.23. The van der Waals surface area contributed by atoms with Crippen molar-refractivity contribution in [2.45, 2.75) is 25.2 Å². The van der Waals surface area contributed by atoms with Crippen LogP contribution in [0.3, 0.4) is 0 Å². The summed E-state index contributed by atoms with van der Waals surface area (Å²) in [6.07, 6.45) is 1.47. The minimum Gasteiger partial charge on any atom is -0.294 e. The fraction of sp³-hybridized carbons (Fsp3) is 0.235. The summed E-state index contributed by atoms with van der Waals surface area (Å²) in [5.74, 6) is -0.0138. The Morgan fingerprint density at radius 1 is 0.952 bits per heavy atom. The summed E-state index contributed by atoms with van der Waals surface area (Å²) in [6, 6.07) is 12.2. The van der Waals surface area contributed by atoms with Crippen LogP contribution in [0.2, 0.25) is 0 Å². The maximum absolute atomic E-state index is 12.2. The highest BCUT2D eigenvalue weighted by atomic mass is 32.2. The van der Waals surface area contributed by atoms with Gasteiger partial charge >= 0.3 is 0 Å². The van der Waals surface area contributed by atoms with E-state index in [-0.39, 0.29) is 10.7 Å². The largest absolute Gasteiger partial charge is 0.294 e. The number of aryl methyl sites for hydroxylation is 2. The molecule has 110 valence electrons. The number of rotatable bonds is 4. The normalized spacial score (nSPS) is 11.4. The van der Waals surface area contributed by atoms with Crippen molar-refractivity contribution in [1.29, 1.82) is 0 Å². The van der Waals surface area contributed by atoms with Crippen LogP contribution in [0.5, 0.6) is 0 Å². The highest BCUT2D eigenvalue weighted by molar-refractivity contribution is 7.90. The number of hydrogen-bond donors (Lipinski definition) is 0. The van der Waals surface area contributed by atoms with Crippen molar-refractivity contribution in [3.05, 3.63) is 64.7 Å². The minimum atomic E-state index is -3.23. The zero-order chi connectivity index (χ0) is 15.6. The lowest BCUT2D eigenvalue weighted by Gasteiger charge is -2.05. The predicted octanol–water partition coefficient (Wildman–Crippen LogP) is 3.13. The molecule has 0 fully saturated rings.